The van der Waals surface area contributed by atoms with Gasteiger partial charge in [-0.15, -0.1) is 6.58 Å². The molecule has 0 radical (unpaired) electrons. The van der Waals surface area contributed by atoms with Crippen LogP contribution in [0.5, 0.6) is 0 Å². The summed E-state index contributed by atoms with van der Waals surface area (Å²) >= 11 is 2.35. The maximum absolute atomic E-state index is 3.96. The summed E-state index contributed by atoms with van der Waals surface area (Å²) in [6, 6.07) is 28.6. The van der Waals surface area contributed by atoms with Crippen LogP contribution in [-0.2, 0) is 0 Å². The molecule has 1 atom stereocenters. The summed E-state index contributed by atoms with van der Waals surface area (Å²) in [5, 5.41) is 0. The van der Waals surface area contributed by atoms with E-state index in [9.17, 15) is 0 Å². The minimum Gasteiger partial charge on any atom is -0.338 e. The van der Waals surface area contributed by atoms with Gasteiger partial charge >= 0.3 is 0 Å². The van der Waals surface area contributed by atoms with Crippen LogP contribution in [0, 0.1) is 3.57 Å². The van der Waals surface area contributed by atoms with Crippen LogP contribution < -0.4 is 4.90 Å². The van der Waals surface area contributed by atoms with Gasteiger partial charge in [0, 0.05) is 21.0 Å². The molecule has 3 rings (SSSR count). The van der Waals surface area contributed by atoms with E-state index in [0.29, 0.717) is 6.04 Å². The maximum atomic E-state index is 3.96. The Morgan fingerprint density at radius 2 is 1.38 bits per heavy atom. The van der Waals surface area contributed by atoms with E-state index in [2.05, 4.69) is 120 Å². The van der Waals surface area contributed by atoms with Crippen LogP contribution in [0.3, 0.4) is 0 Å². The van der Waals surface area contributed by atoms with Crippen molar-refractivity contribution in [2.75, 3.05) is 4.90 Å². The lowest BCUT2D eigenvalue weighted by Crippen LogP contribution is -2.30. The Balaban J connectivity index is 1.98. The fourth-order valence-electron chi connectivity index (χ4n) is 3.26. The first kappa shape index (κ1) is 18.7. The van der Waals surface area contributed by atoms with Gasteiger partial charge in [0.1, 0.15) is 0 Å². The Kier molecular flexibility index (Phi) is 6.51. The van der Waals surface area contributed by atoms with Gasteiger partial charge in [0.15, 0.2) is 0 Å². The monoisotopic (exact) mass is 453 g/mol. The summed E-state index contributed by atoms with van der Waals surface area (Å²) in [4.78, 5) is 2.44. The minimum absolute atomic E-state index is 0.398. The molecule has 3 aromatic rings. The fraction of sp³-hybridized carbons (Fsp3) is 0.167. The van der Waals surface area contributed by atoms with E-state index in [4.69, 9.17) is 0 Å². The van der Waals surface area contributed by atoms with Gasteiger partial charge in [-0.25, -0.2) is 0 Å². The molecule has 0 heterocycles. The molecule has 1 nitrogen and oxygen atoms in total. The molecule has 0 spiro atoms. The molecule has 0 saturated heterocycles. The van der Waals surface area contributed by atoms with Crippen molar-refractivity contribution in [3.8, 4) is 11.1 Å². The summed E-state index contributed by atoms with van der Waals surface area (Å²) in [6.45, 7) is 6.20. The molecule has 1 unspecified atom stereocenters. The highest BCUT2D eigenvalue weighted by Crippen LogP contribution is 2.32. The lowest BCUT2D eigenvalue weighted by molar-refractivity contribution is 0.639. The summed E-state index contributed by atoms with van der Waals surface area (Å²) in [5.41, 5.74) is 4.94. The Labute approximate surface area is 170 Å². The lowest BCUT2D eigenvalue weighted by atomic mass is 10.0. The SMILES string of the molecule is C=CCC(CC)N(c1ccc(I)cc1)c1ccc(-c2ccccc2)cc1. The number of nitrogens with zero attached hydrogens (tertiary/aromatic N) is 1. The quantitative estimate of drug-likeness (QED) is 0.265. The third-order valence-electron chi connectivity index (χ3n) is 4.63. The van der Waals surface area contributed by atoms with Crippen LogP contribution in [0.2, 0.25) is 0 Å². The Bertz CT molecular complexity index is 822. The topological polar surface area (TPSA) is 3.24 Å². The van der Waals surface area contributed by atoms with Gasteiger partial charge in [-0.1, -0.05) is 55.5 Å². The number of rotatable bonds is 7. The smallest absolute Gasteiger partial charge is 0.0414 e. The zero-order valence-electron chi connectivity index (χ0n) is 15.1. The molecular formula is C24H24IN. The van der Waals surface area contributed by atoms with Crippen molar-refractivity contribution in [3.63, 3.8) is 0 Å². The number of halogens is 1. The van der Waals surface area contributed by atoms with Gasteiger partial charge < -0.3 is 4.90 Å². The van der Waals surface area contributed by atoms with E-state index < -0.39 is 0 Å². The van der Waals surface area contributed by atoms with Crippen molar-refractivity contribution in [2.24, 2.45) is 0 Å². The van der Waals surface area contributed by atoms with Gasteiger partial charge in [0.05, 0.1) is 0 Å². The first-order chi connectivity index (χ1) is 12.7. The standard InChI is InChI=1S/C24H24IN/c1-3-8-22(4-2)26(24-17-13-21(25)14-18-24)23-15-11-20(12-16-23)19-9-6-5-7-10-19/h3,5-7,9-18,22H,1,4,8H2,2H3. The van der Waals surface area contributed by atoms with Gasteiger partial charge in [0.25, 0.3) is 0 Å². The molecule has 0 aliphatic carbocycles. The predicted molar refractivity (Wildman–Crippen MR) is 122 cm³/mol. The summed E-state index contributed by atoms with van der Waals surface area (Å²) in [5.74, 6) is 0. The van der Waals surface area contributed by atoms with Gasteiger partial charge in [0.2, 0.25) is 0 Å². The molecule has 3 aromatic carbocycles. The van der Waals surface area contributed by atoms with E-state index in [1.807, 2.05) is 6.08 Å². The van der Waals surface area contributed by atoms with E-state index in [1.165, 1.54) is 26.1 Å². The number of anilines is 2. The molecule has 0 bridgehead atoms. The van der Waals surface area contributed by atoms with Gasteiger partial charge in [-0.2, -0.15) is 0 Å². The molecule has 0 N–H and O–H groups in total. The number of hydrogen-bond donors (Lipinski definition) is 0. The van der Waals surface area contributed by atoms with E-state index in [1.54, 1.807) is 0 Å². The molecule has 0 aromatic heterocycles. The zero-order valence-corrected chi connectivity index (χ0v) is 17.3. The van der Waals surface area contributed by atoms with Crippen LogP contribution in [-0.4, -0.2) is 6.04 Å². The second-order valence-corrected chi connectivity index (χ2v) is 7.59. The van der Waals surface area contributed by atoms with Gasteiger partial charge in [-0.3, -0.25) is 0 Å². The first-order valence-corrected chi connectivity index (χ1v) is 10.1. The van der Waals surface area contributed by atoms with Crippen molar-refractivity contribution < 1.29 is 0 Å². The normalized spacial score (nSPS) is 11.8. The molecule has 0 saturated carbocycles. The highest BCUT2D eigenvalue weighted by atomic mass is 127. The third kappa shape index (κ3) is 4.36. The van der Waals surface area contributed by atoms with Crippen LogP contribution in [0.15, 0.2) is 91.5 Å². The van der Waals surface area contributed by atoms with Crippen molar-refractivity contribution in [2.45, 2.75) is 25.8 Å². The average molecular weight is 453 g/mol. The summed E-state index contributed by atoms with van der Waals surface area (Å²) < 4.78 is 1.25. The minimum atomic E-state index is 0.398. The highest BCUT2D eigenvalue weighted by Gasteiger charge is 2.18. The third-order valence-corrected chi connectivity index (χ3v) is 5.35. The van der Waals surface area contributed by atoms with E-state index >= 15 is 0 Å². The summed E-state index contributed by atoms with van der Waals surface area (Å²) in [7, 11) is 0. The second kappa shape index (κ2) is 9.04. The lowest BCUT2D eigenvalue weighted by Gasteiger charge is -2.33. The number of hydrogen-bond acceptors (Lipinski definition) is 1. The fourth-order valence-corrected chi connectivity index (χ4v) is 3.62. The molecule has 26 heavy (non-hydrogen) atoms. The Morgan fingerprint density at radius 1 is 0.846 bits per heavy atom. The molecular weight excluding hydrogens is 429 g/mol. The Morgan fingerprint density at radius 3 is 1.92 bits per heavy atom. The largest absolute Gasteiger partial charge is 0.338 e. The molecule has 2 heteroatoms. The zero-order chi connectivity index (χ0) is 18.4. The summed E-state index contributed by atoms with van der Waals surface area (Å²) in [6.07, 6.45) is 4.05. The average Bonchev–Trinajstić information content (AvgIpc) is 2.70. The van der Waals surface area contributed by atoms with E-state index in [-0.39, 0.29) is 0 Å². The predicted octanol–water partition coefficient (Wildman–Crippen LogP) is 7.45. The molecule has 0 amide bonds. The van der Waals surface area contributed by atoms with Crippen LogP contribution >= 0.6 is 22.6 Å². The second-order valence-electron chi connectivity index (χ2n) is 6.35. The molecule has 0 aliphatic rings. The Hall–Kier alpha value is -2.07. The van der Waals surface area contributed by atoms with E-state index in [0.717, 1.165) is 12.8 Å². The van der Waals surface area contributed by atoms with Crippen molar-refractivity contribution >= 4 is 34.0 Å². The molecule has 0 aliphatic heterocycles. The van der Waals surface area contributed by atoms with Crippen LogP contribution in [0.25, 0.3) is 11.1 Å². The van der Waals surface area contributed by atoms with Crippen molar-refractivity contribution in [3.05, 3.63) is 95.1 Å². The van der Waals surface area contributed by atoms with Crippen LogP contribution in [0.4, 0.5) is 11.4 Å². The maximum Gasteiger partial charge on any atom is 0.0414 e. The first-order valence-electron chi connectivity index (χ1n) is 9.04. The van der Waals surface area contributed by atoms with Gasteiger partial charge in [-0.05, 0) is 83.0 Å². The van der Waals surface area contributed by atoms with Crippen molar-refractivity contribution in [1.29, 1.82) is 0 Å². The van der Waals surface area contributed by atoms with Crippen LogP contribution in [0.1, 0.15) is 19.8 Å². The van der Waals surface area contributed by atoms with Crippen molar-refractivity contribution in [1.82, 2.24) is 0 Å². The molecule has 132 valence electrons. The molecule has 0 fully saturated rings. The highest BCUT2D eigenvalue weighted by molar-refractivity contribution is 14.1. The number of benzene rings is 3.